The van der Waals surface area contributed by atoms with Crippen molar-refractivity contribution < 1.29 is 27.5 Å². The highest BCUT2D eigenvalue weighted by atomic mass is 19.3. The predicted octanol–water partition coefficient (Wildman–Crippen LogP) is 5.44. The van der Waals surface area contributed by atoms with Gasteiger partial charge in [0.05, 0.1) is 17.8 Å². The monoisotopic (exact) mass is 501 g/mol. The Hall–Kier alpha value is -3.89. The lowest BCUT2D eigenvalue weighted by molar-refractivity contribution is 0.0566. The van der Waals surface area contributed by atoms with Gasteiger partial charge in [-0.15, -0.1) is 0 Å². The molecule has 0 unspecified atom stereocenters. The maximum Gasteiger partial charge on any atom is 0.333 e. The summed E-state index contributed by atoms with van der Waals surface area (Å²) >= 11 is 0. The van der Waals surface area contributed by atoms with Crippen molar-refractivity contribution in [3.8, 4) is 16.9 Å². The minimum atomic E-state index is -2.69. The summed E-state index contributed by atoms with van der Waals surface area (Å²) in [6.07, 6.45) is 8.07. The van der Waals surface area contributed by atoms with Gasteiger partial charge in [0, 0.05) is 35.5 Å². The van der Waals surface area contributed by atoms with Crippen LogP contribution in [0.4, 0.5) is 17.6 Å². The number of alkyl halides is 2. The number of halogens is 4. The number of carbonyl (C=O) groups is 1. The molecule has 0 spiro atoms. The molecule has 0 bridgehead atoms. The number of carbonyl (C=O) groups excluding carboxylic acids is 1. The van der Waals surface area contributed by atoms with Crippen molar-refractivity contribution in [1.29, 1.82) is 0 Å². The van der Waals surface area contributed by atoms with Crippen molar-refractivity contribution in [1.82, 2.24) is 24.9 Å². The Balaban J connectivity index is 1.19. The highest BCUT2D eigenvalue weighted by molar-refractivity contribution is 5.94. The Morgan fingerprint density at radius 3 is 2.44 bits per heavy atom. The number of fused-ring (bicyclic) bond motifs is 1. The average molecular weight is 501 g/mol. The van der Waals surface area contributed by atoms with Crippen LogP contribution in [0.25, 0.3) is 22.0 Å². The highest BCUT2D eigenvalue weighted by Crippen LogP contribution is 2.33. The number of benzene rings is 2. The zero-order valence-electron chi connectivity index (χ0n) is 19.0. The Kier molecular flexibility index (Phi) is 6.38. The molecule has 1 fully saturated rings. The summed E-state index contributed by atoms with van der Waals surface area (Å²) < 4.78 is 55.2. The van der Waals surface area contributed by atoms with Gasteiger partial charge in [-0.05, 0) is 55.4 Å². The summed E-state index contributed by atoms with van der Waals surface area (Å²) in [7, 11) is 0. The number of nitrogens with one attached hydrogen (secondary N) is 1. The fourth-order valence-electron chi connectivity index (χ4n) is 4.64. The van der Waals surface area contributed by atoms with Crippen LogP contribution in [0.1, 0.15) is 48.6 Å². The largest absolute Gasteiger partial charge is 0.503 e. The maximum atomic E-state index is 13.5. The Labute approximate surface area is 203 Å². The highest BCUT2D eigenvalue weighted by Gasteiger charge is 2.24. The van der Waals surface area contributed by atoms with Crippen molar-refractivity contribution in [3.63, 3.8) is 0 Å². The molecule has 5 rings (SSSR count). The van der Waals surface area contributed by atoms with Crippen molar-refractivity contribution in [2.45, 2.75) is 38.3 Å². The molecule has 0 aliphatic heterocycles. The number of phenols is 1. The summed E-state index contributed by atoms with van der Waals surface area (Å²) in [5, 5.41) is 21.2. The SMILES string of the molecule is O=C(NC[C@H]1CC[C@H](n2cc3ccc(-c4cnn(C(F)F)c4)cc3n2)CC1)c1cc(F)c(O)c(F)c1. The zero-order valence-corrected chi connectivity index (χ0v) is 19.0. The van der Waals surface area contributed by atoms with E-state index in [1.807, 2.05) is 29.1 Å². The molecule has 1 aliphatic carbocycles. The molecule has 7 nitrogen and oxygen atoms in total. The van der Waals surface area contributed by atoms with E-state index >= 15 is 0 Å². The molecule has 2 N–H and O–H groups in total. The number of rotatable bonds is 6. The third-order valence-corrected chi connectivity index (χ3v) is 6.68. The number of aromatic nitrogens is 4. The molecule has 36 heavy (non-hydrogen) atoms. The van der Waals surface area contributed by atoms with Gasteiger partial charge >= 0.3 is 6.55 Å². The van der Waals surface area contributed by atoms with Crippen LogP contribution in [-0.2, 0) is 0 Å². The molecular formula is C25H23F4N5O2. The molecule has 2 aromatic carbocycles. The van der Waals surface area contributed by atoms with Crippen LogP contribution in [0, 0.1) is 17.6 Å². The molecule has 0 atom stereocenters. The number of nitrogens with zero attached hydrogens (tertiary/aromatic N) is 4. The molecule has 2 aromatic heterocycles. The molecule has 1 saturated carbocycles. The van der Waals surface area contributed by atoms with Gasteiger partial charge in [0.15, 0.2) is 17.4 Å². The Morgan fingerprint density at radius 2 is 1.78 bits per heavy atom. The van der Waals surface area contributed by atoms with Crippen molar-refractivity contribution in [2.75, 3.05) is 6.54 Å². The van der Waals surface area contributed by atoms with Gasteiger partial charge in [-0.25, -0.2) is 13.5 Å². The summed E-state index contributed by atoms with van der Waals surface area (Å²) in [5.74, 6) is -3.83. The molecule has 4 aromatic rings. The second-order valence-corrected chi connectivity index (χ2v) is 9.04. The minimum absolute atomic E-state index is 0.180. The molecular weight excluding hydrogens is 478 g/mol. The first kappa shape index (κ1) is 23.8. The first-order valence-electron chi connectivity index (χ1n) is 11.6. The molecule has 0 saturated heterocycles. The van der Waals surface area contributed by atoms with Crippen LogP contribution in [0.3, 0.4) is 0 Å². The molecule has 2 heterocycles. The lowest BCUT2D eigenvalue weighted by atomic mass is 9.86. The van der Waals surface area contributed by atoms with Crippen LogP contribution in [0.5, 0.6) is 5.75 Å². The second-order valence-electron chi connectivity index (χ2n) is 9.04. The van der Waals surface area contributed by atoms with Crippen molar-refractivity contribution >= 4 is 16.8 Å². The third kappa shape index (κ3) is 4.77. The van der Waals surface area contributed by atoms with Gasteiger partial charge in [0.25, 0.3) is 5.91 Å². The van der Waals surface area contributed by atoms with E-state index in [4.69, 9.17) is 5.10 Å². The van der Waals surface area contributed by atoms with Crippen LogP contribution in [0.2, 0.25) is 0 Å². The lowest BCUT2D eigenvalue weighted by Gasteiger charge is -2.28. The van der Waals surface area contributed by atoms with Gasteiger partial charge in [0.1, 0.15) is 0 Å². The number of hydrogen-bond donors (Lipinski definition) is 2. The van der Waals surface area contributed by atoms with E-state index in [1.54, 1.807) is 0 Å². The lowest BCUT2D eigenvalue weighted by Crippen LogP contribution is -2.31. The topological polar surface area (TPSA) is 85.0 Å². The molecule has 11 heteroatoms. The number of hydrogen-bond acceptors (Lipinski definition) is 4. The van der Waals surface area contributed by atoms with E-state index in [1.165, 1.54) is 12.4 Å². The minimum Gasteiger partial charge on any atom is -0.503 e. The second kappa shape index (κ2) is 9.63. The van der Waals surface area contributed by atoms with Gasteiger partial charge in [-0.2, -0.15) is 19.0 Å². The van der Waals surface area contributed by atoms with E-state index < -0.39 is 29.8 Å². The summed E-state index contributed by atoms with van der Waals surface area (Å²) in [6, 6.07) is 7.42. The Bertz CT molecular complexity index is 1390. The van der Waals surface area contributed by atoms with Crippen LogP contribution in [0.15, 0.2) is 48.9 Å². The zero-order chi connectivity index (χ0) is 25.4. The van der Waals surface area contributed by atoms with E-state index in [0.29, 0.717) is 16.8 Å². The van der Waals surface area contributed by atoms with E-state index in [0.717, 1.165) is 54.3 Å². The number of phenolic OH excluding ortho intramolecular Hbond substituents is 1. The Morgan fingerprint density at radius 1 is 1.06 bits per heavy atom. The predicted molar refractivity (Wildman–Crippen MR) is 124 cm³/mol. The molecule has 0 radical (unpaired) electrons. The van der Waals surface area contributed by atoms with Gasteiger partial charge in [-0.3, -0.25) is 9.48 Å². The molecule has 188 valence electrons. The maximum absolute atomic E-state index is 13.5. The number of amides is 1. The van der Waals surface area contributed by atoms with Gasteiger partial charge in [0.2, 0.25) is 0 Å². The summed E-state index contributed by atoms with van der Waals surface area (Å²) in [6.45, 7) is -2.31. The fourth-order valence-corrected chi connectivity index (χ4v) is 4.64. The normalized spacial score (nSPS) is 18.1. The quantitative estimate of drug-likeness (QED) is 0.345. The van der Waals surface area contributed by atoms with E-state index in [-0.39, 0.29) is 17.5 Å². The number of aromatic hydroxyl groups is 1. The van der Waals surface area contributed by atoms with Gasteiger partial charge < -0.3 is 10.4 Å². The van der Waals surface area contributed by atoms with Crippen molar-refractivity contribution in [2.24, 2.45) is 5.92 Å². The average Bonchev–Trinajstić information content (AvgIpc) is 3.53. The summed E-state index contributed by atoms with van der Waals surface area (Å²) in [5.41, 5.74) is 1.93. The van der Waals surface area contributed by atoms with E-state index in [2.05, 4.69) is 10.4 Å². The van der Waals surface area contributed by atoms with Gasteiger partial charge in [-0.1, -0.05) is 12.1 Å². The van der Waals surface area contributed by atoms with Crippen molar-refractivity contribution in [3.05, 3.63) is 66.1 Å². The van der Waals surface area contributed by atoms with Crippen LogP contribution >= 0.6 is 0 Å². The van der Waals surface area contributed by atoms with Crippen LogP contribution < -0.4 is 5.32 Å². The standard InChI is InChI=1S/C25H23F4N5O2/c26-20-7-17(8-21(27)23(20)35)24(36)30-10-14-1-5-19(6-2-14)33-12-16-4-3-15(9-22(16)32-33)18-11-31-34(13-18)25(28)29/h3-4,7-9,11-14,19,25,35H,1-2,5-6,10H2,(H,30,36)/t14-,19-. The summed E-state index contributed by atoms with van der Waals surface area (Å²) in [4.78, 5) is 12.3. The first-order valence-corrected chi connectivity index (χ1v) is 11.6. The fraction of sp³-hybridized carbons (Fsp3) is 0.320. The first-order chi connectivity index (χ1) is 17.3. The molecule has 1 aliphatic rings. The van der Waals surface area contributed by atoms with Crippen LogP contribution in [-0.4, -0.2) is 37.1 Å². The third-order valence-electron chi connectivity index (χ3n) is 6.68. The molecule has 1 amide bonds. The van der Waals surface area contributed by atoms with E-state index in [9.17, 15) is 27.5 Å². The smallest absolute Gasteiger partial charge is 0.333 e.